The van der Waals surface area contributed by atoms with Gasteiger partial charge in [-0.25, -0.2) is 0 Å². The van der Waals surface area contributed by atoms with Crippen LogP contribution in [0.15, 0.2) is 0 Å². The van der Waals surface area contributed by atoms with Crippen LogP contribution in [0.5, 0.6) is 0 Å². The molecule has 0 radical (unpaired) electrons. The van der Waals surface area contributed by atoms with E-state index in [1.165, 1.54) is 12.8 Å². The molecule has 0 aliphatic carbocycles. The van der Waals surface area contributed by atoms with E-state index in [1.807, 2.05) is 0 Å². The van der Waals surface area contributed by atoms with E-state index in [0.717, 1.165) is 32.6 Å². The number of hydrogen-bond donors (Lipinski definition) is 1. The Bertz CT molecular complexity index is 256. The third-order valence-electron chi connectivity index (χ3n) is 3.53. The molecule has 0 bridgehead atoms. The normalized spacial score (nSPS) is 22.6. The van der Waals surface area contributed by atoms with Crippen LogP contribution in [-0.2, 0) is 4.79 Å². The molecular formula is C14H28N2O2. The first-order valence-corrected chi connectivity index (χ1v) is 7.23. The second-order valence-corrected chi connectivity index (χ2v) is 5.75. The van der Waals surface area contributed by atoms with Crippen LogP contribution in [0.4, 0.5) is 0 Å². The Kier molecular flexibility index (Phi) is 6.65. The van der Waals surface area contributed by atoms with Crippen molar-refractivity contribution >= 4 is 5.97 Å². The van der Waals surface area contributed by atoms with E-state index in [-0.39, 0.29) is 6.04 Å². The first kappa shape index (κ1) is 15.4. The molecular weight excluding hydrogens is 228 g/mol. The van der Waals surface area contributed by atoms with Gasteiger partial charge in [0.2, 0.25) is 0 Å². The molecule has 1 unspecified atom stereocenters. The summed E-state index contributed by atoms with van der Waals surface area (Å²) in [6, 6.07) is -0.311. The van der Waals surface area contributed by atoms with E-state index in [9.17, 15) is 9.90 Å². The number of nitrogens with zero attached hydrogens (tertiary/aromatic N) is 2. The predicted molar refractivity (Wildman–Crippen MR) is 73.8 cm³/mol. The molecule has 0 aromatic carbocycles. The quantitative estimate of drug-likeness (QED) is 0.707. The van der Waals surface area contributed by atoms with E-state index in [0.29, 0.717) is 12.5 Å². The molecule has 1 aliphatic heterocycles. The first-order valence-electron chi connectivity index (χ1n) is 7.23. The van der Waals surface area contributed by atoms with Crippen molar-refractivity contribution in [1.82, 2.24) is 9.80 Å². The van der Waals surface area contributed by atoms with Crippen molar-refractivity contribution in [1.29, 1.82) is 0 Å². The molecule has 18 heavy (non-hydrogen) atoms. The molecule has 0 saturated carbocycles. The molecule has 0 aromatic heterocycles. The molecule has 0 amide bonds. The van der Waals surface area contributed by atoms with Crippen molar-refractivity contribution in [2.75, 3.05) is 32.7 Å². The summed E-state index contributed by atoms with van der Waals surface area (Å²) < 4.78 is 0. The molecule has 1 rings (SSSR count). The van der Waals surface area contributed by atoms with E-state index in [1.54, 1.807) is 0 Å². The van der Waals surface area contributed by atoms with Crippen LogP contribution in [0.1, 0.15) is 40.0 Å². The Morgan fingerprint density at radius 1 is 1.33 bits per heavy atom. The Morgan fingerprint density at radius 2 is 2.06 bits per heavy atom. The van der Waals surface area contributed by atoms with Crippen molar-refractivity contribution in [3.8, 4) is 0 Å². The number of aliphatic carboxylic acids is 1. The Balaban J connectivity index is 2.47. The summed E-state index contributed by atoms with van der Waals surface area (Å²) in [6.07, 6.45) is 3.49. The lowest BCUT2D eigenvalue weighted by atomic mass is 10.1. The van der Waals surface area contributed by atoms with Gasteiger partial charge in [0.1, 0.15) is 6.04 Å². The summed E-state index contributed by atoms with van der Waals surface area (Å²) in [4.78, 5) is 15.8. The second kappa shape index (κ2) is 7.74. The summed E-state index contributed by atoms with van der Waals surface area (Å²) in [5.74, 6) is -0.0639. The maximum absolute atomic E-state index is 11.4. The SMILES string of the molecule is CCCCCN1CCN(CC(C)C)CC1C(=O)O. The van der Waals surface area contributed by atoms with E-state index in [2.05, 4.69) is 30.6 Å². The molecule has 1 atom stereocenters. The summed E-state index contributed by atoms with van der Waals surface area (Å²) in [6.45, 7) is 11.1. The fourth-order valence-electron chi connectivity index (χ4n) is 2.63. The number of carboxylic acid groups (broad SMARTS) is 1. The molecule has 4 heteroatoms. The van der Waals surface area contributed by atoms with Gasteiger partial charge in [-0.2, -0.15) is 0 Å². The number of carbonyl (C=O) groups is 1. The summed E-state index contributed by atoms with van der Waals surface area (Å²) in [5, 5.41) is 9.35. The summed E-state index contributed by atoms with van der Waals surface area (Å²) in [7, 11) is 0. The maximum atomic E-state index is 11.4. The Hall–Kier alpha value is -0.610. The van der Waals surface area contributed by atoms with Crippen LogP contribution in [-0.4, -0.2) is 59.6 Å². The van der Waals surface area contributed by atoms with Gasteiger partial charge >= 0.3 is 5.97 Å². The molecule has 0 spiro atoms. The van der Waals surface area contributed by atoms with E-state index >= 15 is 0 Å². The lowest BCUT2D eigenvalue weighted by molar-refractivity contribution is -0.146. The average molecular weight is 256 g/mol. The molecule has 4 nitrogen and oxygen atoms in total. The largest absolute Gasteiger partial charge is 0.480 e. The molecule has 1 heterocycles. The van der Waals surface area contributed by atoms with Crippen LogP contribution >= 0.6 is 0 Å². The minimum Gasteiger partial charge on any atom is -0.480 e. The minimum atomic E-state index is -0.667. The van der Waals surface area contributed by atoms with Crippen molar-refractivity contribution in [2.45, 2.75) is 46.1 Å². The van der Waals surface area contributed by atoms with Crippen LogP contribution < -0.4 is 0 Å². The monoisotopic (exact) mass is 256 g/mol. The standard InChI is InChI=1S/C14H28N2O2/c1-4-5-6-7-16-9-8-15(10-12(2)3)11-13(16)14(17)18/h12-13H,4-11H2,1-3H3,(H,17,18). The van der Waals surface area contributed by atoms with Crippen LogP contribution in [0.25, 0.3) is 0 Å². The highest BCUT2D eigenvalue weighted by Gasteiger charge is 2.31. The lowest BCUT2D eigenvalue weighted by Gasteiger charge is -2.40. The zero-order valence-electron chi connectivity index (χ0n) is 12.1. The molecule has 1 fully saturated rings. The van der Waals surface area contributed by atoms with E-state index < -0.39 is 5.97 Å². The summed E-state index contributed by atoms with van der Waals surface area (Å²) in [5.41, 5.74) is 0. The maximum Gasteiger partial charge on any atom is 0.322 e. The fraction of sp³-hybridized carbons (Fsp3) is 0.929. The van der Waals surface area contributed by atoms with Crippen molar-refractivity contribution in [3.63, 3.8) is 0 Å². The molecule has 106 valence electrons. The zero-order chi connectivity index (χ0) is 13.5. The predicted octanol–water partition coefficient (Wildman–Crippen LogP) is 1.90. The van der Waals surface area contributed by atoms with Crippen LogP contribution in [0.2, 0.25) is 0 Å². The van der Waals surface area contributed by atoms with Crippen LogP contribution in [0.3, 0.4) is 0 Å². The van der Waals surface area contributed by atoms with Gasteiger partial charge in [0, 0.05) is 26.2 Å². The number of hydrogen-bond acceptors (Lipinski definition) is 3. The number of piperazine rings is 1. The Labute approximate surface area is 111 Å². The van der Waals surface area contributed by atoms with Crippen molar-refractivity contribution in [3.05, 3.63) is 0 Å². The number of unbranched alkanes of at least 4 members (excludes halogenated alkanes) is 2. The number of rotatable bonds is 7. The van der Waals surface area contributed by atoms with Gasteiger partial charge in [0.05, 0.1) is 0 Å². The zero-order valence-corrected chi connectivity index (χ0v) is 12.1. The van der Waals surface area contributed by atoms with Gasteiger partial charge < -0.3 is 5.11 Å². The minimum absolute atomic E-state index is 0.311. The Morgan fingerprint density at radius 3 is 2.61 bits per heavy atom. The second-order valence-electron chi connectivity index (χ2n) is 5.75. The van der Waals surface area contributed by atoms with E-state index in [4.69, 9.17) is 0 Å². The van der Waals surface area contributed by atoms with Gasteiger partial charge in [-0.3, -0.25) is 14.6 Å². The fourth-order valence-corrected chi connectivity index (χ4v) is 2.63. The highest BCUT2D eigenvalue weighted by atomic mass is 16.4. The first-order chi connectivity index (χ1) is 8.54. The number of carboxylic acids is 1. The van der Waals surface area contributed by atoms with Crippen LogP contribution in [0, 0.1) is 5.92 Å². The highest BCUT2D eigenvalue weighted by Crippen LogP contribution is 2.13. The molecule has 1 aliphatic rings. The smallest absolute Gasteiger partial charge is 0.322 e. The third kappa shape index (κ3) is 4.94. The van der Waals surface area contributed by atoms with Gasteiger partial charge in [-0.15, -0.1) is 0 Å². The molecule has 1 saturated heterocycles. The van der Waals surface area contributed by atoms with Gasteiger partial charge in [0.15, 0.2) is 0 Å². The lowest BCUT2D eigenvalue weighted by Crippen LogP contribution is -2.57. The average Bonchev–Trinajstić information content (AvgIpc) is 2.30. The van der Waals surface area contributed by atoms with Crippen molar-refractivity contribution < 1.29 is 9.90 Å². The van der Waals surface area contributed by atoms with Gasteiger partial charge in [-0.1, -0.05) is 33.6 Å². The van der Waals surface area contributed by atoms with Gasteiger partial charge in [0.25, 0.3) is 0 Å². The highest BCUT2D eigenvalue weighted by molar-refractivity contribution is 5.74. The summed E-state index contributed by atoms with van der Waals surface area (Å²) >= 11 is 0. The topological polar surface area (TPSA) is 43.8 Å². The van der Waals surface area contributed by atoms with Gasteiger partial charge in [-0.05, 0) is 18.9 Å². The molecule has 1 N–H and O–H groups in total. The third-order valence-corrected chi connectivity index (χ3v) is 3.53. The van der Waals surface area contributed by atoms with Crippen molar-refractivity contribution in [2.24, 2.45) is 5.92 Å². The molecule has 0 aromatic rings.